The van der Waals surface area contributed by atoms with Gasteiger partial charge in [-0.1, -0.05) is 30.3 Å². The van der Waals surface area contributed by atoms with Crippen molar-refractivity contribution < 1.29 is 35.5 Å². The van der Waals surface area contributed by atoms with E-state index in [1.807, 2.05) is 0 Å². The first kappa shape index (κ1) is 17.8. The van der Waals surface area contributed by atoms with Gasteiger partial charge in [0.1, 0.15) is 11.6 Å². The molecular weight excluding hydrogens is 317 g/mol. The molecule has 0 N–H and O–H groups in total. The lowest BCUT2D eigenvalue weighted by molar-refractivity contribution is -0.274. The van der Waals surface area contributed by atoms with Crippen molar-refractivity contribution >= 4 is 0 Å². The maximum Gasteiger partial charge on any atom is 0.573 e. The summed E-state index contributed by atoms with van der Waals surface area (Å²) in [7, 11) is 0. The van der Waals surface area contributed by atoms with Gasteiger partial charge >= 0.3 is 12.5 Å². The van der Waals surface area contributed by atoms with Crippen molar-refractivity contribution in [1.82, 2.24) is 0 Å². The van der Waals surface area contributed by atoms with Crippen LogP contribution in [0.5, 0.6) is 5.75 Å². The molecule has 0 unspecified atom stereocenters. The molecular formula is C14H9F7O. The fraction of sp³-hybridized carbons (Fsp3) is 0.143. The molecule has 0 aliphatic rings. The average Bonchev–Trinajstić information content (AvgIpc) is 2.38. The van der Waals surface area contributed by atoms with Crippen LogP contribution in [0.15, 0.2) is 54.6 Å². The Morgan fingerprint density at radius 2 is 1.18 bits per heavy atom. The van der Waals surface area contributed by atoms with Crippen LogP contribution in [0, 0.1) is 5.82 Å². The van der Waals surface area contributed by atoms with E-state index in [2.05, 4.69) is 4.74 Å². The summed E-state index contributed by atoms with van der Waals surface area (Å²) in [6.07, 6.45) is -9.19. The molecule has 0 heterocycles. The Balaban J connectivity index is 0.000000220. The van der Waals surface area contributed by atoms with Crippen molar-refractivity contribution in [3.05, 3.63) is 66.0 Å². The molecule has 0 amide bonds. The van der Waals surface area contributed by atoms with Crippen molar-refractivity contribution in [2.75, 3.05) is 0 Å². The van der Waals surface area contributed by atoms with Crippen molar-refractivity contribution in [3.8, 4) is 5.75 Å². The molecule has 0 aliphatic heterocycles. The van der Waals surface area contributed by atoms with Crippen LogP contribution in [0.1, 0.15) is 5.56 Å². The molecule has 0 aromatic heterocycles. The molecule has 0 bridgehead atoms. The number of hydrogen-bond acceptors (Lipinski definition) is 1. The molecule has 0 aliphatic carbocycles. The van der Waals surface area contributed by atoms with Crippen LogP contribution in [0.2, 0.25) is 0 Å². The molecule has 120 valence electrons. The molecule has 2 rings (SSSR count). The molecule has 0 saturated heterocycles. The lowest BCUT2D eigenvalue weighted by atomic mass is 10.2. The van der Waals surface area contributed by atoms with E-state index in [1.165, 1.54) is 30.3 Å². The van der Waals surface area contributed by atoms with Gasteiger partial charge in [-0.25, -0.2) is 4.39 Å². The first-order valence-electron chi connectivity index (χ1n) is 5.72. The first-order valence-corrected chi connectivity index (χ1v) is 5.72. The zero-order chi connectivity index (χ0) is 16.8. The summed E-state index contributed by atoms with van der Waals surface area (Å²) in [5.41, 5.74) is -1.22. The van der Waals surface area contributed by atoms with Gasteiger partial charge < -0.3 is 4.74 Å². The topological polar surface area (TPSA) is 9.23 Å². The predicted molar refractivity (Wildman–Crippen MR) is 64.5 cm³/mol. The van der Waals surface area contributed by atoms with Gasteiger partial charge in [-0.15, -0.1) is 13.2 Å². The summed E-state index contributed by atoms with van der Waals surface area (Å²) in [4.78, 5) is 0. The minimum Gasteiger partial charge on any atom is -0.406 e. The normalized spacial score (nSPS) is 11.4. The molecule has 8 heteroatoms. The van der Waals surface area contributed by atoms with E-state index in [0.717, 1.165) is 12.1 Å². The van der Waals surface area contributed by atoms with Gasteiger partial charge in [-0.2, -0.15) is 13.2 Å². The van der Waals surface area contributed by atoms with Gasteiger partial charge in [-0.3, -0.25) is 0 Å². The maximum atomic E-state index is 12.4. The Morgan fingerprint density at radius 1 is 0.682 bits per heavy atom. The smallest absolute Gasteiger partial charge is 0.406 e. The Bertz CT molecular complexity index is 576. The Hall–Kier alpha value is -2.25. The molecule has 0 radical (unpaired) electrons. The van der Waals surface area contributed by atoms with Crippen LogP contribution >= 0.6 is 0 Å². The van der Waals surface area contributed by atoms with Gasteiger partial charge in [0.2, 0.25) is 0 Å². The molecule has 2 aromatic rings. The van der Waals surface area contributed by atoms with Crippen molar-refractivity contribution in [3.63, 3.8) is 0 Å². The number of hydrogen-bond donors (Lipinski definition) is 0. The third-order valence-corrected chi connectivity index (χ3v) is 2.16. The molecule has 22 heavy (non-hydrogen) atoms. The van der Waals surface area contributed by atoms with Gasteiger partial charge in [0.25, 0.3) is 0 Å². The number of ether oxygens (including phenoxy) is 1. The SMILES string of the molecule is FC(F)(F)Oc1ccccc1.Fc1ccccc1C(F)(F)F. The number of rotatable bonds is 1. The van der Waals surface area contributed by atoms with Crippen LogP contribution in [-0.4, -0.2) is 6.36 Å². The molecule has 2 aromatic carbocycles. The summed E-state index contributed by atoms with van der Waals surface area (Å²) in [6.45, 7) is 0. The average molecular weight is 326 g/mol. The zero-order valence-electron chi connectivity index (χ0n) is 10.8. The third kappa shape index (κ3) is 6.47. The lowest BCUT2D eigenvalue weighted by Gasteiger charge is -2.07. The predicted octanol–water partition coefficient (Wildman–Crippen LogP) is 5.43. The van der Waals surface area contributed by atoms with E-state index in [9.17, 15) is 30.7 Å². The van der Waals surface area contributed by atoms with Crippen LogP contribution < -0.4 is 4.74 Å². The number of alkyl halides is 6. The Labute approximate surface area is 120 Å². The fourth-order valence-electron chi connectivity index (χ4n) is 1.31. The Kier molecular flexibility index (Phi) is 5.78. The van der Waals surface area contributed by atoms with Gasteiger partial charge in [0.15, 0.2) is 0 Å². The highest BCUT2D eigenvalue weighted by Gasteiger charge is 2.33. The summed E-state index contributed by atoms with van der Waals surface area (Å²) in [5, 5.41) is 0. The van der Waals surface area contributed by atoms with Crippen LogP contribution in [-0.2, 0) is 6.18 Å². The standard InChI is InChI=1S/C7H4F4.C7H5F3O/c8-6-4-2-1-3-5(6)7(9,10)11;8-7(9,10)11-6-4-2-1-3-5-6/h1-4H;1-5H. The van der Waals surface area contributed by atoms with E-state index >= 15 is 0 Å². The largest absolute Gasteiger partial charge is 0.573 e. The summed E-state index contributed by atoms with van der Waals surface area (Å²) < 4.78 is 86.0. The Morgan fingerprint density at radius 3 is 1.59 bits per heavy atom. The molecule has 0 fully saturated rings. The van der Waals surface area contributed by atoms with Gasteiger partial charge in [0.05, 0.1) is 5.56 Å². The third-order valence-electron chi connectivity index (χ3n) is 2.16. The minimum absolute atomic E-state index is 0.194. The summed E-state index contributed by atoms with van der Waals surface area (Å²) in [5.74, 6) is -1.43. The van der Waals surface area contributed by atoms with E-state index < -0.39 is 23.9 Å². The molecule has 1 nitrogen and oxygen atoms in total. The van der Waals surface area contributed by atoms with Crippen LogP contribution in [0.3, 0.4) is 0 Å². The van der Waals surface area contributed by atoms with Crippen molar-refractivity contribution in [2.45, 2.75) is 12.5 Å². The number of halogens is 7. The minimum atomic E-state index is -4.60. The van der Waals surface area contributed by atoms with E-state index in [4.69, 9.17) is 0 Å². The van der Waals surface area contributed by atoms with E-state index in [-0.39, 0.29) is 5.75 Å². The lowest BCUT2D eigenvalue weighted by Crippen LogP contribution is -2.16. The summed E-state index contributed by atoms with van der Waals surface area (Å²) in [6, 6.07) is 10.9. The number of para-hydroxylation sites is 1. The van der Waals surface area contributed by atoms with Gasteiger partial charge in [0, 0.05) is 0 Å². The maximum absolute atomic E-state index is 12.4. The monoisotopic (exact) mass is 326 g/mol. The second kappa shape index (κ2) is 7.15. The van der Waals surface area contributed by atoms with Crippen molar-refractivity contribution in [1.29, 1.82) is 0 Å². The number of benzene rings is 2. The molecule has 0 spiro atoms. The quantitative estimate of drug-likeness (QED) is 0.635. The fourth-order valence-corrected chi connectivity index (χ4v) is 1.31. The van der Waals surface area contributed by atoms with Gasteiger partial charge in [-0.05, 0) is 24.3 Å². The van der Waals surface area contributed by atoms with Crippen molar-refractivity contribution in [2.24, 2.45) is 0 Å². The van der Waals surface area contributed by atoms with E-state index in [1.54, 1.807) is 6.07 Å². The highest BCUT2D eigenvalue weighted by molar-refractivity contribution is 5.21. The second-order valence-corrected chi connectivity index (χ2v) is 3.84. The highest BCUT2D eigenvalue weighted by atomic mass is 19.4. The van der Waals surface area contributed by atoms with Crippen LogP contribution in [0.25, 0.3) is 0 Å². The van der Waals surface area contributed by atoms with E-state index in [0.29, 0.717) is 6.07 Å². The zero-order valence-corrected chi connectivity index (χ0v) is 10.8. The second-order valence-electron chi connectivity index (χ2n) is 3.84. The summed E-state index contributed by atoms with van der Waals surface area (Å²) >= 11 is 0. The molecule has 0 atom stereocenters. The van der Waals surface area contributed by atoms with Crippen LogP contribution in [0.4, 0.5) is 30.7 Å². The molecule has 0 saturated carbocycles. The highest BCUT2D eigenvalue weighted by Crippen LogP contribution is 2.30. The first-order chi connectivity index (χ1) is 10.1.